The molecule has 0 bridgehead atoms. The van der Waals surface area contributed by atoms with Crippen molar-refractivity contribution in [3.8, 4) is 0 Å². The second kappa shape index (κ2) is 8.62. The SMILES string of the molecule is CC(C)C[C@H](NC(=O)C1CCCO1)C(=O)NCc1cccnc1. The first-order valence-corrected chi connectivity index (χ1v) is 8.15. The Morgan fingerprint density at radius 2 is 2.26 bits per heavy atom. The van der Waals surface area contributed by atoms with Gasteiger partial charge in [-0.1, -0.05) is 19.9 Å². The first kappa shape index (κ1) is 17.4. The lowest BCUT2D eigenvalue weighted by atomic mass is 10.0. The number of hydrogen-bond donors (Lipinski definition) is 2. The van der Waals surface area contributed by atoms with E-state index >= 15 is 0 Å². The maximum atomic E-state index is 12.4. The molecule has 1 aromatic heterocycles. The van der Waals surface area contributed by atoms with Crippen molar-refractivity contribution in [3.63, 3.8) is 0 Å². The fraction of sp³-hybridized carbons (Fsp3) is 0.588. The lowest BCUT2D eigenvalue weighted by molar-refractivity contribution is -0.134. The van der Waals surface area contributed by atoms with Crippen molar-refractivity contribution >= 4 is 11.8 Å². The summed E-state index contributed by atoms with van der Waals surface area (Å²) in [6.07, 6.45) is 5.18. The van der Waals surface area contributed by atoms with Gasteiger partial charge in [0.05, 0.1) is 0 Å². The highest BCUT2D eigenvalue weighted by atomic mass is 16.5. The quantitative estimate of drug-likeness (QED) is 0.796. The summed E-state index contributed by atoms with van der Waals surface area (Å²) in [7, 11) is 0. The molecule has 0 saturated carbocycles. The molecule has 2 atom stereocenters. The van der Waals surface area contributed by atoms with E-state index in [1.165, 1.54) is 0 Å². The van der Waals surface area contributed by atoms with Crippen LogP contribution in [0.3, 0.4) is 0 Å². The van der Waals surface area contributed by atoms with Gasteiger partial charge in [-0.3, -0.25) is 14.6 Å². The van der Waals surface area contributed by atoms with Crippen LogP contribution in [0.15, 0.2) is 24.5 Å². The highest BCUT2D eigenvalue weighted by Gasteiger charge is 2.28. The molecule has 0 radical (unpaired) electrons. The van der Waals surface area contributed by atoms with Crippen molar-refractivity contribution in [2.45, 2.75) is 51.8 Å². The third-order valence-electron chi connectivity index (χ3n) is 3.75. The Labute approximate surface area is 137 Å². The Bertz CT molecular complexity index is 513. The minimum absolute atomic E-state index is 0.172. The van der Waals surface area contributed by atoms with E-state index in [0.29, 0.717) is 25.5 Å². The van der Waals surface area contributed by atoms with Gasteiger partial charge in [0, 0.05) is 25.5 Å². The van der Waals surface area contributed by atoms with Gasteiger partial charge in [0.15, 0.2) is 0 Å². The van der Waals surface area contributed by atoms with Crippen LogP contribution in [-0.2, 0) is 20.9 Å². The fourth-order valence-electron chi connectivity index (χ4n) is 2.57. The Morgan fingerprint density at radius 1 is 1.43 bits per heavy atom. The number of amides is 2. The van der Waals surface area contributed by atoms with Crippen LogP contribution in [0.5, 0.6) is 0 Å². The summed E-state index contributed by atoms with van der Waals surface area (Å²) >= 11 is 0. The van der Waals surface area contributed by atoms with Crippen LogP contribution >= 0.6 is 0 Å². The van der Waals surface area contributed by atoms with Gasteiger partial charge in [0.1, 0.15) is 12.1 Å². The summed E-state index contributed by atoms with van der Waals surface area (Å²) in [6.45, 7) is 5.07. The number of hydrogen-bond acceptors (Lipinski definition) is 4. The van der Waals surface area contributed by atoms with Gasteiger partial charge in [0.2, 0.25) is 11.8 Å². The van der Waals surface area contributed by atoms with E-state index < -0.39 is 12.1 Å². The Kier molecular flexibility index (Phi) is 6.52. The highest BCUT2D eigenvalue weighted by Crippen LogP contribution is 2.13. The summed E-state index contributed by atoms with van der Waals surface area (Å²) in [5, 5.41) is 5.70. The third kappa shape index (κ3) is 5.63. The molecule has 1 aliphatic rings. The number of aromatic nitrogens is 1. The van der Waals surface area contributed by atoms with Gasteiger partial charge in [-0.05, 0) is 36.8 Å². The average Bonchev–Trinajstić information content (AvgIpc) is 3.07. The number of carbonyl (C=O) groups is 2. The zero-order chi connectivity index (χ0) is 16.7. The predicted molar refractivity (Wildman–Crippen MR) is 86.4 cm³/mol. The second-order valence-corrected chi connectivity index (χ2v) is 6.27. The normalized spacial score (nSPS) is 18.7. The molecule has 1 aliphatic heterocycles. The minimum atomic E-state index is -0.539. The van der Waals surface area contributed by atoms with Crippen LogP contribution in [0.4, 0.5) is 0 Å². The van der Waals surface area contributed by atoms with Crippen molar-refractivity contribution < 1.29 is 14.3 Å². The summed E-state index contributed by atoms with van der Waals surface area (Å²) in [4.78, 5) is 28.6. The highest BCUT2D eigenvalue weighted by molar-refractivity contribution is 5.89. The number of ether oxygens (including phenoxy) is 1. The van der Waals surface area contributed by atoms with E-state index in [1.54, 1.807) is 12.4 Å². The standard InChI is InChI=1S/C17H25N3O3/c1-12(2)9-14(20-17(22)15-6-4-8-23-15)16(21)19-11-13-5-3-7-18-10-13/h3,5,7,10,12,14-15H,4,6,8-9,11H2,1-2H3,(H,19,21)(H,20,22)/t14-,15?/m0/s1. The molecule has 23 heavy (non-hydrogen) atoms. The smallest absolute Gasteiger partial charge is 0.249 e. The number of nitrogens with one attached hydrogen (secondary N) is 2. The molecular weight excluding hydrogens is 294 g/mol. The van der Waals surface area contributed by atoms with Gasteiger partial charge >= 0.3 is 0 Å². The molecule has 126 valence electrons. The number of nitrogens with zero attached hydrogens (tertiary/aromatic N) is 1. The Morgan fingerprint density at radius 3 is 2.87 bits per heavy atom. The summed E-state index contributed by atoms with van der Waals surface area (Å²) in [5.74, 6) is -0.0625. The second-order valence-electron chi connectivity index (χ2n) is 6.27. The molecule has 2 rings (SSSR count). The number of carbonyl (C=O) groups excluding carboxylic acids is 2. The zero-order valence-corrected chi connectivity index (χ0v) is 13.7. The molecule has 1 fully saturated rings. The van der Waals surface area contributed by atoms with Crippen LogP contribution in [0.2, 0.25) is 0 Å². The average molecular weight is 319 g/mol. The molecule has 6 heteroatoms. The van der Waals surface area contributed by atoms with E-state index in [4.69, 9.17) is 4.74 Å². The molecule has 0 aromatic carbocycles. The fourth-order valence-corrected chi connectivity index (χ4v) is 2.57. The molecule has 0 aliphatic carbocycles. The van der Waals surface area contributed by atoms with Crippen molar-refractivity contribution in [2.24, 2.45) is 5.92 Å². The molecule has 1 unspecified atom stereocenters. The summed E-state index contributed by atoms with van der Waals surface area (Å²) in [5.41, 5.74) is 0.926. The van der Waals surface area contributed by atoms with Crippen molar-refractivity contribution in [1.29, 1.82) is 0 Å². The van der Waals surface area contributed by atoms with Gasteiger partial charge < -0.3 is 15.4 Å². The maximum Gasteiger partial charge on any atom is 0.249 e. The predicted octanol–water partition coefficient (Wildman–Crippen LogP) is 1.41. The molecule has 2 heterocycles. The van der Waals surface area contributed by atoms with Gasteiger partial charge in [-0.2, -0.15) is 0 Å². The van der Waals surface area contributed by atoms with Gasteiger partial charge in [-0.15, -0.1) is 0 Å². The van der Waals surface area contributed by atoms with E-state index in [1.807, 2.05) is 26.0 Å². The molecule has 2 amide bonds. The van der Waals surface area contributed by atoms with E-state index in [2.05, 4.69) is 15.6 Å². The molecule has 1 aromatic rings. The van der Waals surface area contributed by atoms with Crippen LogP contribution in [-0.4, -0.2) is 35.6 Å². The van der Waals surface area contributed by atoms with Crippen LogP contribution in [0.25, 0.3) is 0 Å². The molecule has 0 spiro atoms. The first-order chi connectivity index (χ1) is 11.1. The maximum absolute atomic E-state index is 12.4. The first-order valence-electron chi connectivity index (χ1n) is 8.15. The van der Waals surface area contributed by atoms with E-state index in [0.717, 1.165) is 18.4 Å². The van der Waals surface area contributed by atoms with Crippen LogP contribution < -0.4 is 10.6 Å². The largest absolute Gasteiger partial charge is 0.368 e. The third-order valence-corrected chi connectivity index (χ3v) is 3.75. The van der Waals surface area contributed by atoms with Crippen molar-refractivity contribution in [2.75, 3.05) is 6.61 Å². The summed E-state index contributed by atoms with van der Waals surface area (Å²) in [6, 6.07) is 3.19. The Balaban J connectivity index is 1.90. The van der Waals surface area contributed by atoms with Crippen LogP contribution in [0, 0.1) is 5.92 Å². The monoisotopic (exact) mass is 319 g/mol. The summed E-state index contributed by atoms with van der Waals surface area (Å²) < 4.78 is 5.38. The molecule has 2 N–H and O–H groups in total. The van der Waals surface area contributed by atoms with Gasteiger partial charge in [-0.25, -0.2) is 0 Å². The number of pyridine rings is 1. The Hall–Kier alpha value is -1.95. The molecular formula is C17H25N3O3. The zero-order valence-electron chi connectivity index (χ0n) is 13.7. The van der Waals surface area contributed by atoms with Gasteiger partial charge in [0.25, 0.3) is 0 Å². The van der Waals surface area contributed by atoms with Crippen molar-refractivity contribution in [1.82, 2.24) is 15.6 Å². The van der Waals surface area contributed by atoms with E-state index in [-0.39, 0.29) is 11.8 Å². The minimum Gasteiger partial charge on any atom is -0.368 e. The topological polar surface area (TPSA) is 80.3 Å². The molecule has 1 saturated heterocycles. The lowest BCUT2D eigenvalue weighted by Crippen LogP contribution is -2.50. The lowest BCUT2D eigenvalue weighted by Gasteiger charge is -2.21. The van der Waals surface area contributed by atoms with E-state index in [9.17, 15) is 9.59 Å². The number of rotatable bonds is 7. The molecule has 6 nitrogen and oxygen atoms in total. The van der Waals surface area contributed by atoms with Crippen molar-refractivity contribution in [3.05, 3.63) is 30.1 Å². The van der Waals surface area contributed by atoms with Crippen LogP contribution in [0.1, 0.15) is 38.7 Å².